The van der Waals surface area contributed by atoms with E-state index in [-0.39, 0.29) is 0 Å². The van der Waals surface area contributed by atoms with Crippen LogP contribution in [0.3, 0.4) is 0 Å². The van der Waals surface area contributed by atoms with Crippen LogP contribution in [0.5, 0.6) is 0 Å². The van der Waals surface area contributed by atoms with Gasteiger partial charge in [-0.05, 0) is 6.92 Å². The smallest absolute Gasteiger partial charge is 0.187 e. The van der Waals surface area contributed by atoms with Gasteiger partial charge < -0.3 is 74.7 Å². The monoisotopic (exact) mass is 502 g/mol. The van der Waals surface area contributed by atoms with Gasteiger partial charge in [0.2, 0.25) is 0 Å². The van der Waals surface area contributed by atoms with Gasteiger partial charge in [0.15, 0.2) is 12.6 Å². The lowest BCUT2D eigenvalue weighted by Gasteiger charge is -2.46. The van der Waals surface area contributed by atoms with Crippen LogP contribution >= 0.6 is 0 Å². The van der Waals surface area contributed by atoms with Crippen molar-refractivity contribution in [3.05, 3.63) is 0 Å². The Morgan fingerprint density at radius 1 is 0.559 bits per heavy atom. The van der Waals surface area contributed by atoms with Gasteiger partial charge in [-0.3, -0.25) is 0 Å². The van der Waals surface area contributed by atoms with Crippen LogP contribution in [-0.4, -0.2) is 163 Å². The lowest BCUT2D eigenvalue weighted by Crippen LogP contribution is -2.65. The van der Waals surface area contributed by atoms with E-state index >= 15 is 0 Å². The maximum Gasteiger partial charge on any atom is 0.187 e. The third kappa shape index (κ3) is 5.54. The Balaban J connectivity index is 1.63. The zero-order valence-electron chi connectivity index (χ0n) is 18.3. The van der Waals surface area contributed by atoms with Crippen molar-refractivity contribution in [3.63, 3.8) is 0 Å². The molecule has 3 fully saturated rings. The van der Waals surface area contributed by atoms with Crippen LogP contribution in [0, 0.1) is 0 Å². The van der Waals surface area contributed by atoms with Gasteiger partial charge in [-0.15, -0.1) is 0 Å². The Morgan fingerprint density at radius 3 is 1.71 bits per heavy atom. The van der Waals surface area contributed by atoms with Crippen LogP contribution in [0.4, 0.5) is 0 Å². The lowest BCUT2D eigenvalue weighted by atomic mass is 9.96. The molecule has 3 saturated heterocycles. The predicted molar refractivity (Wildman–Crippen MR) is 105 cm³/mol. The molecule has 0 aromatic carbocycles. The molecule has 0 amide bonds. The molecule has 3 aliphatic rings. The molecule has 8 unspecified atom stereocenters. The van der Waals surface area contributed by atoms with Gasteiger partial charge in [0, 0.05) is 0 Å². The molecule has 0 aromatic rings. The maximum atomic E-state index is 10.6. The highest BCUT2D eigenvalue weighted by atomic mass is 16.7. The van der Waals surface area contributed by atoms with Crippen molar-refractivity contribution in [1.29, 1.82) is 0 Å². The summed E-state index contributed by atoms with van der Waals surface area (Å²) >= 11 is 0. The van der Waals surface area contributed by atoms with Crippen LogP contribution in [0.15, 0.2) is 0 Å². The number of hydrogen-bond donors (Lipinski definition) is 10. The van der Waals surface area contributed by atoms with Gasteiger partial charge in [0.1, 0.15) is 73.2 Å². The van der Waals surface area contributed by atoms with Gasteiger partial charge in [-0.2, -0.15) is 0 Å². The van der Waals surface area contributed by atoms with E-state index in [0.717, 1.165) is 0 Å². The summed E-state index contributed by atoms with van der Waals surface area (Å²) < 4.78 is 26.9. The molecule has 0 aliphatic carbocycles. The highest BCUT2D eigenvalue weighted by Gasteiger charge is 2.51. The number of ether oxygens (including phenoxy) is 5. The van der Waals surface area contributed by atoms with Crippen LogP contribution in [-0.2, 0) is 23.7 Å². The molecule has 15 atom stereocenters. The second-order valence-corrected chi connectivity index (χ2v) is 8.69. The van der Waals surface area contributed by atoms with Crippen molar-refractivity contribution in [3.8, 4) is 0 Å². The Bertz CT molecular complexity index is 637. The Morgan fingerprint density at radius 2 is 1.09 bits per heavy atom. The van der Waals surface area contributed by atoms with Crippen molar-refractivity contribution in [2.24, 2.45) is 0 Å². The average molecular weight is 502 g/mol. The standard InChI is InChI=1S/C19H34O15/c1-5-9(22)12(25)11(24)8(31-5)4-30-18-16(29)14(27)17(7(3-21)33-18)34-19-15(28)13(26)10(23)6(2-20)32-19/h5-29H,2-4H2,1H3/t5-,6?,7?,8?,9?,10-,11-,12?,13?,14?,15?,16+,17-,18-,19-/m1/s1. The zero-order valence-corrected chi connectivity index (χ0v) is 18.3. The molecule has 3 rings (SSSR count). The average Bonchev–Trinajstić information content (AvgIpc) is 2.83. The highest BCUT2D eigenvalue weighted by molar-refractivity contribution is 4.95. The summed E-state index contributed by atoms with van der Waals surface area (Å²) in [4.78, 5) is 0. The molecular weight excluding hydrogens is 468 g/mol. The predicted octanol–water partition coefficient (Wildman–Crippen LogP) is -6.50. The molecule has 0 bridgehead atoms. The molecule has 0 spiro atoms. The second-order valence-electron chi connectivity index (χ2n) is 8.69. The summed E-state index contributed by atoms with van der Waals surface area (Å²) in [7, 11) is 0. The van der Waals surface area contributed by atoms with E-state index in [4.69, 9.17) is 23.7 Å². The molecular formula is C19H34O15. The zero-order chi connectivity index (χ0) is 25.3. The van der Waals surface area contributed by atoms with Gasteiger partial charge in [0.25, 0.3) is 0 Å². The Labute approximate surface area is 194 Å². The van der Waals surface area contributed by atoms with Crippen LogP contribution in [0.1, 0.15) is 6.92 Å². The molecule has 34 heavy (non-hydrogen) atoms. The van der Waals surface area contributed by atoms with Crippen molar-refractivity contribution in [1.82, 2.24) is 0 Å². The quantitative estimate of drug-likeness (QED) is 0.155. The summed E-state index contributed by atoms with van der Waals surface area (Å²) in [5.41, 5.74) is 0. The van der Waals surface area contributed by atoms with Gasteiger partial charge in [-0.1, -0.05) is 0 Å². The summed E-state index contributed by atoms with van der Waals surface area (Å²) in [6.45, 7) is -0.391. The van der Waals surface area contributed by atoms with Crippen molar-refractivity contribution >= 4 is 0 Å². The summed E-state index contributed by atoms with van der Waals surface area (Å²) in [6.07, 6.45) is -22.2. The van der Waals surface area contributed by atoms with Gasteiger partial charge >= 0.3 is 0 Å². The fraction of sp³-hybridized carbons (Fsp3) is 1.00. The first kappa shape index (κ1) is 28.0. The summed E-state index contributed by atoms with van der Waals surface area (Å²) in [5.74, 6) is 0. The SMILES string of the molecule is C[C@H]1OC(CO[C@@H]2OC(CO)[C@@H](O[C@H]3OC(CO)[C@@H](O)C(O)C3O)C(O)[C@@H]2O)[C@@H](O)C(O)C1O. The summed E-state index contributed by atoms with van der Waals surface area (Å²) in [5, 5.41) is 99.7. The molecule has 10 N–H and O–H groups in total. The minimum Gasteiger partial charge on any atom is -0.394 e. The van der Waals surface area contributed by atoms with Crippen LogP contribution in [0.2, 0.25) is 0 Å². The van der Waals surface area contributed by atoms with E-state index in [1.807, 2.05) is 0 Å². The fourth-order valence-electron chi connectivity index (χ4n) is 4.16. The third-order valence-corrected chi connectivity index (χ3v) is 6.34. The number of hydrogen-bond acceptors (Lipinski definition) is 15. The lowest BCUT2D eigenvalue weighted by molar-refractivity contribution is -0.362. The molecule has 0 radical (unpaired) electrons. The second kappa shape index (κ2) is 11.6. The molecule has 15 heteroatoms. The number of aliphatic hydroxyl groups is 10. The Hall–Kier alpha value is -0.600. The topological polar surface area (TPSA) is 248 Å². The molecule has 0 aromatic heterocycles. The van der Waals surface area contributed by atoms with Gasteiger partial charge in [0.05, 0.1) is 25.9 Å². The maximum absolute atomic E-state index is 10.6. The first-order chi connectivity index (χ1) is 16.0. The summed E-state index contributed by atoms with van der Waals surface area (Å²) in [6, 6.07) is 0. The Kier molecular flexibility index (Phi) is 9.57. The minimum atomic E-state index is -1.79. The van der Waals surface area contributed by atoms with Crippen molar-refractivity contribution in [2.45, 2.75) is 98.9 Å². The highest BCUT2D eigenvalue weighted by Crippen LogP contribution is 2.30. The molecule has 3 aliphatic heterocycles. The minimum absolute atomic E-state index is 0.417. The number of aliphatic hydroxyl groups excluding tert-OH is 10. The molecule has 3 heterocycles. The normalized spacial score (nSPS) is 52.5. The van der Waals surface area contributed by atoms with E-state index in [1.54, 1.807) is 0 Å². The van der Waals surface area contributed by atoms with E-state index in [0.29, 0.717) is 0 Å². The van der Waals surface area contributed by atoms with E-state index in [2.05, 4.69) is 0 Å². The molecule has 15 nitrogen and oxygen atoms in total. The first-order valence-electron chi connectivity index (χ1n) is 10.9. The third-order valence-electron chi connectivity index (χ3n) is 6.34. The first-order valence-corrected chi connectivity index (χ1v) is 10.9. The van der Waals surface area contributed by atoms with E-state index in [9.17, 15) is 51.1 Å². The van der Waals surface area contributed by atoms with E-state index < -0.39 is 112 Å². The van der Waals surface area contributed by atoms with Crippen LogP contribution in [0.25, 0.3) is 0 Å². The van der Waals surface area contributed by atoms with Crippen molar-refractivity contribution < 1.29 is 74.7 Å². The molecule has 0 saturated carbocycles. The molecule has 200 valence electrons. The fourth-order valence-corrected chi connectivity index (χ4v) is 4.16. The number of rotatable bonds is 7. The van der Waals surface area contributed by atoms with Gasteiger partial charge in [-0.25, -0.2) is 0 Å². The largest absolute Gasteiger partial charge is 0.394 e. The van der Waals surface area contributed by atoms with Crippen molar-refractivity contribution in [2.75, 3.05) is 19.8 Å². The van der Waals surface area contributed by atoms with E-state index in [1.165, 1.54) is 6.92 Å². The van der Waals surface area contributed by atoms with Crippen LogP contribution < -0.4 is 0 Å².